The van der Waals surface area contributed by atoms with Gasteiger partial charge >= 0.3 is 5.97 Å². The zero-order chi connectivity index (χ0) is 12.2. The molecule has 0 aliphatic heterocycles. The molecule has 3 nitrogen and oxygen atoms in total. The second-order valence-corrected chi connectivity index (χ2v) is 4.31. The molecule has 2 atom stereocenters. The average molecular weight is 291 g/mol. The summed E-state index contributed by atoms with van der Waals surface area (Å²) >= 11 is 2.56. The first kappa shape index (κ1) is 13.1. The van der Waals surface area contributed by atoms with Crippen molar-refractivity contribution in [2.45, 2.75) is 17.6 Å². The van der Waals surface area contributed by atoms with Gasteiger partial charge in [0.05, 0.1) is 6.61 Å². The molecule has 5 heteroatoms. The molecule has 1 aromatic rings. The minimum absolute atomic E-state index is 0.0532. The number of halogens is 2. The zero-order valence-electron chi connectivity index (χ0n) is 8.69. The lowest BCUT2D eigenvalue weighted by molar-refractivity contribution is -0.156. The van der Waals surface area contributed by atoms with Crippen molar-refractivity contribution in [3.8, 4) is 0 Å². The van der Waals surface area contributed by atoms with Crippen LogP contribution in [0.4, 0.5) is 4.39 Å². The Hall–Kier alpha value is -0.940. The molecule has 0 aliphatic carbocycles. The van der Waals surface area contributed by atoms with Crippen molar-refractivity contribution in [3.05, 3.63) is 35.9 Å². The summed E-state index contributed by atoms with van der Waals surface area (Å²) in [6.07, 6.45) is -1.60. The van der Waals surface area contributed by atoms with Crippen molar-refractivity contribution >= 4 is 21.9 Å². The molecule has 0 radical (unpaired) electrons. The van der Waals surface area contributed by atoms with Crippen molar-refractivity contribution in [3.63, 3.8) is 0 Å². The van der Waals surface area contributed by atoms with Crippen LogP contribution in [0.2, 0.25) is 0 Å². The molecule has 0 unspecified atom stereocenters. The number of benzene rings is 1. The fourth-order valence-corrected chi connectivity index (χ4v) is 1.56. The largest absolute Gasteiger partial charge is 0.463 e. The van der Waals surface area contributed by atoms with Crippen molar-refractivity contribution in [2.75, 3.05) is 6.61 Å². The van der Waals surface area contributed by atoms with Gasteiger partial charge in [-0.25, -0.2) is 9.18 Å². The van der Waals surface area contributed by atoms with Crippen LogP contribution >= 0.6 is 15.9 Å². The first-order valence-corrected chi connectivity index (χ1v) is 5.57. The van der Waals surface area contributed by atoms with Gasteiger partial charge < -0.3 is 9.84 Å². The molecule has 0 amide bonds. The molecular weight excluding hydrogens is 279 g/mol. The van der Waals surface area contributed by atoms with E-state index in [0.717, 1.165) is 0 Å². The Morgan fingerprint density at radius 3 is 2.62 bits per heavy atom. The van der Waals surface area contributed by atoms with Gasteiger partial charge in [0, 0.05) is 0 Å². The number of ether oxygens (including phenoxy) is 1. The maximum absolute atomic E-state index is 13.9. The summed E-state index contributed by atoms with van der Waals surface area (Å²) in [7, 11) is 0. The van der Waals surface area contributed by atoms with Gasteiger partial charge in [0.25, 0.3) is 4.58 Å². The minimum Gasteiger partial charge on any atom is -0.463 e. The van der Waals surface area contributed by atoms with Gasteiger partial charge in [0.2, 0.25) is 0 Å². The lowest BCUT2D eigenvalue weighted by Gasteiger charge is -2.22. The monoisotopic (exact) mass is 290 g/mol. The van der Waals surface area contributed by atoms with Crippen LogP contribution in [-0.2, 0) is 9.53 Å². The van der Waals surface area contributed by atoms with Crippen molar-refractivity contribution in [1.29, 1.82) is 0 Å². The number of hydrogen-bond donors (Lipinski definition) is 1. The highest BCUT2D eigenvalue weighted by Gasteiger charge is 2.45. The first-order valence-electron chi connectivity index (χ1n) is 4.78. The second-order valence-electron chi connectivity index (χ2n) is 3.16. The van der Waals surface area contributed by atoms with Crippen LogP contribution in [0.25, 0.3) is 0 Å². The van der Waals surface area contributed by atoms with Crippen LogP contribution in [0.3, 0.4) is 0 Å². The summed E-state index contributed by atoms with van der Waals surface area (Å²) in [4.78, 5) is 11.3. The summed E-state index contributed by atoms with van der Waals surface area (Å²) in [5.74, 6) is -1.13. The Morgan fingerprint density at radius 2 is 2.12 bits per heavy atom. The van der Waals surface area contributed by atoms with E-state index in [1.165, 1.54) is 12.1 Å². The predicted octanol–water partition coefficient (Wildman–Crippen LogP) is 2.34. The summed E-state index contributed by atoms with van der Waals surface area (Å²) in [6.45, 7) is 1.62. The van der Waals surface area contributed by atoms with E-state index in [4.69, 9.17) is 0 Å². The lowest BCUT2D eigenvalue weighted by Crippen LogP contribution is -2.35. The molecule has 0 fully saturated rings. The highest BCUT2D eigenvalue weighted by molar-refractivity contribution is 9.10. The maximum atomic E-state index is 13.9. The molecule has 0 spiro atoms. The van der Waals surface area contributed by atoms with Crippen LogP contribution in [0.15, 0.2) is 30.3 Å². The third-order valence-electron chi connectivity index (χ3n) is 2.01. The predicted molar refractivity (Wildman–Crippen MR) is 60.8 cm³/mol. The molecule has 88 valence electrons. The van der Waals surface area contributed by atoms with E-state index < -0.39 is 16.7 Å². The second kappa shape index (κ2) is 5.41. The molecule has 1 rings (SSSR count). The number of aliphatic hydroxyl groups is 1. The fraction of sp³-hybridized carbons (Fsp3) is 0.364. The minimum atomic E-state index is -2.62. The van der Waals surface area contributed by atoms with Crippen LogP contribution < -0.4 is 0 Å². The van der Waals surface area contributed by atoms with E-state index in [-0.39, 0.29) is 6.61 Å². The Balaban J connectivity index is 2.87. The van der Waals surface area contributed by atoms with E-state index in [1.54, 1.807) is 25.1 Å². The number of esters is 1. The molecule has 1 N–H and O–H groups in total. The molecule has 0 heterocycles. The molecular formula is C11H12BrFO3. The maximum Gasteiger partial charge on any atom is 0.358 e. The number of rotatable bonds is 4. The molecule has 0 aliphatic rings. The summed E-state index contributed by atoms with van der Waals surface area (Å²) in [5, 5.41) is 9.72. The average Bonchev–Trinajstić information content (AvgIpc) is 2.29. The van der Waals surface area contributed by atoms with E-state index in [2.05, 4.69) is 20.7 Å². The molecule has 0 aromatic heterocycles. The van der Waals surface area contributed by atoms with Gasteiger partial charge in [-0.3, -0.25) is 0 Å². The quantitative estimate of drug-likeness (QED) is 0.684. The van der Waals surface area contributed by atoms with E-state index in [9.17, 15) is 14.3 Å². The van der Waals surface area contributed by atoms with Gasteiger partial charge in [-0.2, -0.15) is 0 Å². The Morgan fingerprint density at radius 1 is 1.56 bits per heavy atom. The molecule has 0 saturated carbocycles. The fourth-order valence-electron chi connectivity index (χ4n) is 1.18. The third-order valence-corrected chi connectivity index (χ3v) is 2.76. The number of carbonyl (C=O) groups excluding carboxylic acids is 1. The Bertz CT molecular complexity index is 354. The highest BCUT2D eigenvalue weighted by atomic mass is 79.9. The Labute approximate surface area is 101 Å². The standard InChI is InChI=1S/C11H12BrFO3/c1-2-16-10(15)11(12,13)9(14)8-6-4-3-5-7-8/h3-7,9,14H,2H2,1H3/t9-,11-/m1/s1. The highest BCUT2D eigenvalue weighted by Crippen LogP contribution is 2.36. The number of alkyl halides is 2. The Kier molecular flexibility index (Phi) is 4.44. The molecule has 16 heavy (non-hydrogen) atoms. The summed E-state index contributed by atoms with van der Waals surface area (Å²) in [6, 6.07) is 8.08. The van der Waals surface area contributed by atoms with Crippen LogP contribution in [0.1, 0.15) is 18.6 Å². The number of hydrogen-bond acceptors (Lipinski definition) is 3. The number of carbonyl (C=O) groups is 1. The van der Waals surface area contributed by atoms with Crippen molar-refractivity contribution in [2.24, 2.45) is 0 Å². The van der Waals surface area contributed by atoms with Gasteiger partial charge in [-0.05, 0) is 28.4 Å². The van der Waals surface area contributed by atoms with Crippen molar-refractivity contribution in [1.82, 2.24) is 0 Å². The number of aliphatic hydroxyl groups excluding tert-OH is 1. The SMILES string of the molecule is CCOC(=O)[C@@](F)(Br)[C@H](O)c1ccccc1. The van der Waals surface area contributed by atoms with E-state index in [0.29, 0.717) is 5.56 Å². The molecule has 0 saturated heterocycles. The van der Waals surface area contributed by atoms with E-state index >= 15 is 0 Å². The topological polar surface area (TPSA) is 46.5 Å². The van der Waals surface area contributed by atoms with E-state index in [1.807, 2.05) is 0 Å². The first-order chi connectivity index (χ1) is 7.50. The molecule has 0 bridgehead atoms. The lowest BCUT2D eigenvalue weighted by atomic mass is 10.1. The normalized spacial score (nSPS) is 16.2. The summed E-state index contributed by atoms with van der Waals surface area (Å²) < 4.78 is 15.9. The van der Waals surface area contributed by atoms with Gasteiger partial charge in [-0.15, -0.1) is 0 Å². The summed E-state index contributed by atoms with van der Waals surface area (Å²) in [5.41, 5.74) is 0.301. The van der Waals surface area contributed by atoms with Crippen LogP contribution in [0.5, 0.6) is 0 Å². The smallest absolute Gasteiger partial charge is 0.358 e. The van der Waals surface area contributed by atoms with Gasteiger partial charge in [0.15, 0.2) is 0 Å². The molecule has 1 aromatic carbocycles. The van der Waals surface area contributed by atoms with Crippen LogP contribution in [0, 0.1) is 0 Å². The van der Waals surface area contributed by atoms with Crippen LogP contribution in [-0.4, -0.2) is 22.3 Å². The van der Waals surface area contributed by atoms with Gasteiger partial charge in [0.1, 0.15) is 6.10 Å². The zero-order valence-corrected chi connectivity index (χ0v) is 10.3. The van der Waals surface area contributed by atoms with Gasteiger partial charge in [-0.1, -0.05) is 30.3 Å². The third kappa shape index (κ3) is 2.80. The van der Waals surface area contributed by atoms with Crippen molar-refractivity contribution < 1.29 is 19.0 Å².